The molecular weight excluding hydrogens is 408 g/mol. The van der Waals surface area contributed by atoms with E-state index in [9.17, 15) is 9.59 Å². The Balaban J connectivity index is 1.07. The molecule has 2 aliphatic heterocycles. The molecule has 3 heterocycles. The van der Waals surface area contributed by atoms with E-state index in [2.05, 4.69) is 51.4 Å². The fraction of sp³-hybridized carbons (Fsp3) is 0.542. The highest BCUT2D eigenvalue weighted by Crippen LogP contribution is 2.37. The first kappa shape index (κ1) is 20.6. The maximum absolute atomic E-state index is 12.7. The van der Waals surface area contributed by atoms with Gasteiger partial charge in [0.05, 0.1) is 16.5 Å². The fourth-order valence-corrected chi connectivity index (χ4v) is 6.01. The van der Waals surface area contributed by atoms with Gasteiger partial charge in [0.1, 0.15) is 5.82 Å². The molecule has 164 valence electrons. The molecule has 5 rings (SSSR count). The third kappa shape index (κ3) is 4.01. The molecule has 31 heavy (non-hydrogen) atoms. The van der Waals surface area contributed by atoms with E-state index >= 15 is 0 Å². The summed E-state index contributed by atoms with van der Waals surface area (Å²) in [7, 11) is 0. The zero-order valence-corrected chi connectivity index (χ0v) is 18.9. The molecule has 1 aliphatic carbocycles. The number of imide groups is 1. The second-order valence-electron chi connectivity index (χ2n) is 9.07. The van der Waals surface area contributed by atoms with E-state index in [1.165, 1.54) is 15.7 Å². The molecule has 1 aromatic carbocycles. The van der Waals surface area contributed by atoms with E-state index in [-0.39, 0.29) is 23.7 Å². The van der Waals surface area contributed by atoms with E-state index in [0.29, 0.717) is 6.54 Å². The van der Waals surface area contributed by atoms with E-state index < -0.39 is 0 Å². The molecular formula is C24H30N4O2S. The highest BCUT2D eigenvalue weighted by atomic mass is 32.1. The van der Waals surface area contributed by atoms with Crippen LogP contribution in [0.15, 0.2) is 35.9 Å². The van der Waals surface area contributed by atoms with Crippen molar-refractivity contribution >= 4 is 39.3 Å². The zero-order valence-electron chi connectivity index (χ0n) is 18.1. The lowest BCUT2D eigenvalue weighted by Crippen LogP contribution is -2.46. The minimum absolute atomic E-state index is 0.0582. The summed E-state index contributed by atoms with van der Waals surface area (Å²) in [5.74, 6) is 1.03. The number of allylic oxidation sites excluding steroid dienone is 2. The molecule has 2 saturated heterocycles. The van der Waals surface area contributed by atoms with Crippen LogP contribution in [0.3, 0.4) is 0 Å². The summed E-state index contributed by atoms with van der Waals surface area (Å²) in [4.78, 5) is 31.8. The average Bonchev–Trinajstić information content (AvgIpc) is 3.32. The minimum Gasteiger partial charge on any atom is -0.353 e. The SMILES string of the molecule is CC1=CC[C@H]2C(=O)N(CCCCN3CCN(c4nsc5ccccc45)CC3)C(=O)[C@H]2C1. The summed E-state index contributed by atoms with van der Waals surface area (Å²) in [6, 6.07) is 8.44. The summed E-state index contributed by atoms with van der Waals surface area (Å²) in [6.45, 7) is 7.71. The Morgan fingerprint density at radius 1 is 1.00 bits per heavy atom. The smallest absolute Gasteiger partial charge is 0.233 e. The second-order valence-corrected chi connectivity index (χ2v) is 9.87. The number of hydrogen-bond acceptors (Lipinski definition) is 6. The number of hydrogen-bond donors (Lipinski definition) is 0. The molecule has 2 atom stereocenters. The van der Waals surface area contributed by atoms with Gasteiger partial charge in [-0.2, -0.15) is 4.37 Å². The summed E-state index contributed by atoms with van der Waals surface area (Å²) >= 11 is 1.58. The number of unbranched alkanes of at least 4 members (excludes halogenated alkanes) is 1. The number of aromatic nitrogens is 1. The maximum Gasteiger partial charge on any atom is 0.233 e. The van der Waals surface area contributed by atoms with Gasteiger partial charge in [-0.1, -0.05) is 23.8 Å². The van der Waals surface area contributed by atoms with Crippen molar-refractivity contribution in [3.8, 4) is 0 Å². The van der Waals surface area contributed by atoms with Crippen molar-refractivity contribution in [2.75, 3.05) is 44.2 Å². The van der Waals surface area contributed by atoms with Gasteiger partial charge in [-0.25, -0.2) is 0 Å². The summed E-state index contributed by atoms with van der Waals surface area (Å²) < 4.78 is 5.94. The Kier molecular flexibility index (Phi) is 5.80. The van der Waals surface area contributed by atoms with Gasteiger partial charge in [0.15, 0.2) is 0 Å². The molecule has 0 bridgehead atoms. The minimum atomic E-state index is -0.105. The number of rotatable bonds is 6. The van der Waals surface area contributed by atoms with Crippen LogP contribution in [0.1, 0.15) is 32.6 Å². The van der Waals surface area contributed by atoms with Gasteiger partial charge in [0, 0.05) is 38.1 Å². The number of carbonyl (C=O) groups is 2. The highest BCUT2D eigenvalue weighted by Gasteiger charge is 2.47. The molecule has 1 aromatic heterocycles. The number of anilines is 1. The zero-order chi connectivity index (χ0) is 21.4. The molecule has 0 N–H and O–H groups in total. The Morgan fingerprint density at radius 2 is 1.74 bits per heavy atom. The van der Waals surface area contributed by atoms with E-state index in [4.69, 9.17) is 0 Å². The molecule has 0 unspecified atom stereocenters. The van der Waals surface area contributed by atoms with Crippen LogP contribution in [-0.2, 0) is 9.59 Å². The van der Waals surface area contributed by atoms with E-state index in [1.54, 1.807) is 16.4 Å². The molecule has 0 radical (unpaired) electrons. The lowest BCUT2D eigenvalue weighted by atomic mass is 9.82. The lowest BCUT2D eigenvalue weighted by molar-refractivity contribution is -0.139. The highest BCUT2D eigenvalue weighted by molar-refractivity contribution is 7.13. The molecule has 3 aliphatic rings. The van der Waals surface area contributed by atoms with Crippen LogP contribution in [0.5, 0.6) is 0 Å². The molecule has 0 saturated carbocycles. The molecule has 2 amide bonds. The van der Waals surface area contributed by atoms with Crippen LogP contribution < -0.4 is 4.90 Å². The van der Waals surface area contributed by atoms with Crippen LogP contribution in [0, 0.1) is 11.8 Å². The summed E-state index contributed by atoms with van der Waals surface area (Å²) in [5.41, 5.74) is 1.24. The van der Waals surface area contributed by atoms with Gasteiger partial charge in [-0.15, -0.1) is 0 Å². The van der Waals surface area contributed by atoms with Crippen LogP contribution >= 0.6 is 11.5 Å². The standard InChI is InChI=1S/C24H30N4O2S/c1-17-8-9-18-20(16-17)24(30)28(23(18)29)11-5-4-10-26-12-14-27(15-13-26)22-19-6-2-3-7-21(19)31-25-22/h2-3,6-8,18,20H,4-5,9-16H2,1H3/t18-,20+/m1/s1. The average molecular weight is 439 g/mol. The Morgan fingerprint density at radius 3 is 2.58 bits per heavy atom. The normalized spacial score (nSPS) is 24.7. The number of piperazine rings is 1. The first-order valence-corrected chi connectivity index (χ1v) is 12.2. The van der Waals surface area contributed by atoms with Crippen molar-refractivity contribution in [2.45, 2.75) is 32.6 Å². The van der Waals surface area contributed by atoms with Gasteiger partial charge >= 0.3 is 0 Å². The third-order valence-electron chi connectivity index (χ3n) is 7.05. The topological polar surface area (TPSA) is 56.8 Å². The van der Waals surface area contributed by atoms with Crippen molar-refractivity contribution in [3.05, 3.63) is 35.9 Å². The first-order valence-electron chi connectivity index (χ1n) is 11.4. The van der Waals surface area contributed by atoms with Crippen molar-refractivity contribution in [3.63, 3.8) is 0 Å². The second kappa shape index (κ2) is 8.71. The van der Waals surface area contributed by atoms with Crippen LogP contribution in [-0.4, -0.2) is 65.3 Å². The van der Waals surface area contributed by atoms with Crippen LogP contribution in [0.25, 0.3) is 10.1 Å². The van der Waals surface area contributed by atoms with Crippen molar-refractivity contribution in [1.29, 1.82) is 0 Å². The molecule has 0 spiro atoms. The number of fused-ring (bicyclic) bond motifs is 2. The fourth-order valence-electron chi connectivity index (χ4n) is 5.22. The van der Waals surface area contributed by atoms with Gasteiger partial charge in [-0.05, 0) is 62.8 Å². The van der Waals surface area contributed by atoms with Gasteiger partial charge in [0.25, 0.3) is 0 Å². The van der Waals surface area contributed by atoms with E-state index in [0.717, 1.165) is 64.2 Å². The molecule has 6 nitrogen and oxygen atoms in total. The third-order valence-corrected chi connectivity index (χ3v) is 7.87. The number of carbonyl (C=O) groups excluding carboxylic acids is 2. The number of nitrogens with zero attached hydrogens (tertiary/aromatic N) is 4. The monoisotopic (exact) mass is 438 g/mol. The largest absolute Gasteiger partial charge is 0.353 e. The maximum atomic E-state index is 12.7. The molecule has 2 aromatic rings. The summed E-state index contributed by atoms with van der Waals surface area (Å²) in [6.07, 6.45) is 5.52. The predicted octanol–water partition coefficient (Wildman–Crippen LogP) is 3.54. The first-order chi connectivity index (χ1) is 15.1. The predicted molar refractivity (Wildman–Crippen MR) is 124 cm³/mol. The molecule has 2 fully saturated rings. The summed E-state index contributed by atoms with van der Waals surface area (Å²) in [5, 5.41) is 1.26. The van der Waals surface area contributed by atoms with E-state index in [1.807, 2.05) is 0 Å². The van der Waals surface area contributed by atoms with Crippen LogP contribution in [0.2, 0.25) is 0 Å². The Hall–Kier alpha value is -2.25. The molecule has 7 heteroatoms. The number of benzene rings is 1. The van der Waals surface area contributed by atoms with Gasteiger partial charge < -0.3 is 4.90 Å². The lowest BCUT2D eigenvalue weighted by Gasteiger charge is -2.35. The quantitative estimate of drug-likeness (QED) is 0.392. The number of amides is 2. The van der Waals surface area contributed by atoms with Crippen molar-refractivity contribution in [1.82, 2.24) is 14.2 Å². The van der Waals surface area contributed by atoms with Crippen molar-refractivity contribution in [2.24, 2.45) is 11.8 Å². The Bertz CT molecular complexity index is 1010. The van der Waals surface area contributed by atoms with Crippen LogP contribution in [0.4, 0.5) is 5.82 Å². The van der Waals surface area contributed by atoms with Gasteiger partial charge in [0.2, 0.25) is 11.8 Å². The number of likely N-dealkylation sites (tertiary alicyclic amines) is 1. The Labute approximate surface area is 187 Å². The van der Waals surface area contributed by atoms with Crippen molar-refractivity contribution < 1.29 is 9.59 Å². The van der Waals surface area contributed by atoms with Gasteiger partial charge in [-0.3, -0.25) is 19.4 Å².